The molecule has 0 fully saturated rings. The Labute approximate surface area is 194 Å². The van der Waals surface area contributed by atoms with Crippen LogP contribution in [0.15, 0.2) is 12.7 Å². The van der Waals surface area contributed by atoms with Gasteiger partial charge in [0.25, 0.3) is 0 Å². The maximum absolute atomic E-state index is 3.68. The molecule has 0 aliphatic carbocycles. The van der Waals surface area contributed by atoms with Gasteiger partial charge in [-0.15, -0.1) is 6.58 Å². The third-order valence-corrected chi connectivity index (χ3v) is 12.4. The second-order valence-electron chi connectivity index (χ2n) is 9.82. The molecule has 0 nitrogen and oxygen atoms in total. The van der Waals surface area contributed by atoms with Crippen LogP contribution in [0.2, 0.25) is 0 Å². The molecule has 0 aromatic carbocycles. The van der Waals surface area contributed by atoms with Gasteiger partial charge in [-0.05, 0) is 12.8 Å². The van der Waals surface area contributed by atoms with Gasteiger partial charge in [0.15, 0.2) is 0 Å². The van der Waals surface area contributed by atoms with Crippen molar-refractivity contribution in [3.63, 3.8) is 0 Å². The van der Waals surface area contributed by atoms with Crippen LogP contribution in [0.5, 0.6) is 0 Å². The Bertz CT molecular complexity index is 264. The first-order valence-corrected chi connectivity index (χ1v) is 17.1. The van der Waals surface area contributed by atoms with Gasteiger partial charge in [0, 0.05) is 0 Å². The number of hydrogen-bond acceptors (Lipinski definition) is 0. The van der Waals surface area contributed by atoms with Gasteiger partial charge in [-0.3, -0.25) is 0 Å². The molecule has 0 radical (unpaired) electrons. The van der Waals surface area contributed by atoms with E-state index in [1.165, 1.54) is 116 Å². The second-order valence-corrected chi connectivity index (χ2v) is 14.8. The van der Waals surface area contributed by atoms with Crippen molar-refractivity contribution in [2.75, 3.05) is 24.6 Å². The third-order valence-electron chi connectivity index (χ3n) is 6.75. The Morgan fingerprint density at radius 2 is 0.733 bits per heavy atom. The Morgan fingerprint density at radius 3 is 1.03 bits per heavy atom. The fourth-order valence-corrected chi connectivity index (χ4v) is 10.1. The van der Waals surface area contributed by atoms with Crippen LogP contribution in [0.3, 0.4) is 0 Å². The van der Waals surface area contributed by atoms with Crippen molar-refractivity contribution in [3.05, 3.63) is 12.7 Å². The molecule has 0 rings (SSSR count). The predicted molar refractivity (Wildman–Crippen MR) is 149 cm³/mol. The van der Waals surface area contributed by atoms with E-state index >= 15 is 0 Å². The van der Waals surface area contributed by atoms with Crippen LogP contribution in [0.25, 0.3) is 0 Å². The second kappa shape index (κ2) is 27.2. The first-order valence-electron chi connectivity index (χ1n) is 14.3. The normalized spacial score (nSPS) is 11.8. The number of hydrogen-bond donors (Lipinski definition) is 0. The van der Waals surface area contributed by atoms with Gasteiger partial charge in [0.1, 0.15) is 0 Å². The van der Waals surface area contributed by atoms with Crippen LogP contribution in [-0.4, -0.2) is 24.6 Å². The van der Waals surface area contributed by atoms with Crippen LogP contribution in [-0.2, 0) is 0 Å². The summed E-state index contributed by atoms with van der Waals surface area (Å²) in [6.45, 7) is 15.3. The number of rotatable bonds is 22. The first kappa shape index (κ1) is 32.4. The van der Waals surface area contributed by atoms with Crippen molar-refractivity contribution in [2.24, 2.45) is 0 Å². The Balaban J connectivity index is 0. The number of allylic oxidation sites excluding steroid dienone is 1. The summed E-state index contributed by atoms with van der Waals surface area (Å²) in [5.41, 5.74) is 0. The topological polar surface area (TPSA) is 0 Å². The van der Waals surface area contributed by atoms with E-state index in [9.17, 15) is 0 Å². The van der Waals surface area contributed by atoms with Crippen molar-refractivity contribution >= 4 is 7.26 Å². The predicted octanol–water partition coefficient (Wildman–Crippen LogP) is 11.0. The fourth-order valence-electron chi connectivity index (χ4n) is 4.64. The molecular weight excluding hydrogens is 379 g/mol. The van der Waals surface area contributed by atoms with Gasteiger partial charge in [-0.25, -0.2) is 0 Å². The van der Waals surface area contributed by atoms with E-state index in [2.05, 4.69) is 41.2 Å². The fraction of sp³-hybridized carbons (Fsp3) is 0.931. The Hall–Kier alpha value is 0.170. The number of unbranched alkanes of at least 4 members (excludes halogenated alkanes) is 13. The van der Waals surface area contributed by atoms with Crippen molar-refractivity contribution < 1.29 is 0 Å². The summed E-state index contributed by atoms with van der Waals surface area (Å²) in [5.74, 6) is 0. The van der Waals surface area contributed by atoms with E-state index in [1.807, 2.05) is 6.08 Å². The summed E-state index contributed by atoms with van der Waals surface area (Å²) in [7, 11) is -0.944. The molecule has 0 heterocycles. The van der Waals surface area contributed by atoms with Gasteiger partial charge in [-0.1, -0.05) is 38.7 Å². The summed E-state index contributed by atoms with van der Waals surface area (Å²) >= 11 is 0. The molecule has 0 aromatic rings. The monoisotopic (exact) mass is 442 g/mol. The zero-order valence-electron chi connectivity index (χ0n) is 22.3. The van der Waals surface area contributed by atoms with Crippen LogP contribution in [0.4, 0.5) is 0 Å². The zero-order valence-corrected chi connectivity index (χ0v) is 23.3. The summed E-state index contributed by atoms with van der Waals surface area (Å²) in [6.07, 6.45) is 34.3. The van der Waals surface area contributed by atoms with Gasteiger partial charge < -0.3 is 0 Å². The van der Waals surface area contributed by atoms with Crippen molar-refractivity contribution in [1.29, 1.82) is 0 Å². The minimum atomic E-state index is -0.944. The Kier molecular flexibility index (Phi) is 29.3. The molecule has 0 atom stereocenters. The summed E-state index contributed by atoms with van der Waals surface area (Å²) in [6, 6.07) is 0. The average Bonchev–Trinajstić information content (AvgIpc) is 2.75. The molecule has 0 aliphatic heterocycles. The van der Waals surface area contributed by atoms with E-state index in [0.717, 1.165) is 0 Å². The zero-order chi connectivity index (χ0) is 22.8. The van der Waals surface area contributed by atoms with Crippen LogP contribution in [0, 0.1) is 0 Å². The first-order chi connectivity index (χ1) is 14.7. The molecular formula is C29H63P. The molecule has 184 valence electrons. The van der Waals surface area contributed by atoms with Crippen LogP contribution >= 0.6 is 7.26 Å². The minimum absolute atomic E-state index is 0.944. The molecule has 0 N–H and O–H groups in total. The molecule has 1 heteroatoms. The van der Waals surface area contributed by atoms with Crippen molar-refractivity contribution in [3.8, 4) is 0 Å². The van der Waals surface area contributed by atoms with E-state index < -0.39 is 7.26 Å². The molecule has 0 aromatic heterocycles. The molecule has 0 aliphatic rings. The molecule has 0 saturated carbocycles. The Morgan fingerprint density at radius 1 is 0.433 bits per heavy atom. The van der Waals surface area contributed by atoms with Gasteiger partial charge in [0.05, 0.1) is 0 Å². The van der Waals surface area contributed by atoms with Crippen molar-refractivity contribution in [1.82, 2.24) is 0 Å². The maximum atomic E-state index is 3.68. The molecule has 0 spiro atoms. The standard InChI is InChI=1S/C20H45P.C9H18/c1-5-9-13-17-21(18-14-10-6-2,19-15-11-7-3)20-16-12-8-4;1-3-5-7-9-8-6-4-2/h21H,5-20H2,1-4H3;3H,1,4-9H2,2H3. The quantitative estimate of drug-likeness (QED) is 0.0888. The average molecular weight is 443 g/mol. The van der Waals surface area contributed by atoms with Gasteiger partial charge >= 0.3 is 137 Å². The van der Waals surface area contributed by atoms with E-state index in [0.29, 0.717) is 0 Å². The van der Waals surface area contributed by atoms with Gasteiger partial charge in [0.2, 0.25) is 0 Å². The van der Waals surface area contributed by atoms with Crippen LogP contribution < -0.4 is 0 Å². The van der Waals surface area contributed by atoms with Crippen LogP contribution in [0.1, 0.15) is 150 Å². The molecule has 30 heavy (non-hydrogen) atoms. The molecule has 0 saturated heterocycles. The summed E-state index contributed by atoms with van der Waals surface area (Å²) < 4.78 is 0. The molecule has 0 amide bonds. The molecule has 0 bridgehead atoms. The molecule has 0 unspecified atom stereocenters. The van der Waals surface area contributed by atoms with E-state index in [1.54, 1.807) is 24.6 Å². The SMILES string of the molecule is C=CCCCCCCC.CCCCC[PH](CCCCC)(CCCCC)CCCCC. The van der Waals surface area contributed by atoms with Gasteiger partial charge in [-0.2, -0.15) is 0 Å². The summed E-state index contributed by atoms with van der Waals surface area (Å²) in [5, 5.41) is 0. The van der Waals surface area contributed by atoms with Crippen molar-refractivity contribution in [2.45, 2.75) is 150 Å². The third kappa shape index (κ3) is 22.8. The summed E-state index contributed by atoms with van der Waals surface area (Å²) in [4.78, 5) is 0. The van der Waals surface area contributed by atoms with E-state index in [-0.39, 0.29) is 0 Å². The van der Waals surface area contributed by atoms with E-state index in [4.69, 9.17) is 0 Å².